The third-order valence-electron chi connectivity index (χ3n) is 3.61. The Morgan fingerprint density at radius 3 is 2.18 bits per heavy atom. The summed E-state index contributed by atoms with van der Waals surface area (Å²) >= 11 is 0. The molecule has 0 bridgehead atoms. The first kappa shape index (κ1) is 19.3. The van der Waals surface area contributed by atoms with E-state index in [4.69, 9.17) is 4.74 Å². The molecule has 0 fully saturated rings. The van der Waals surface area contributed by atoms with E-state index in [1.807, 2.05) is 0 Å². The number of rotatable bonds is 4. The zero-order valence-corrected chi connectivity index (χ0v) is 14.9. The van der Waals surface area contributed by atoms with Crippen LogP contribution in [0, 0.1) is 13.8 Å². The second kappa shape index (κ2) is 7.63. The smallest absolute Gasteiger partial charge is 0.417 e. The van der Waals surface area contributed by atoms with Gasteiger partial charge in [-0.2, -0.15) is 13.2 Å². The van der Waals surface area contributed by atoms with E-state index in [-0.39, 0.29) is 11.8 Å². The second-order valence-corrected chi connectivity index (χ2v) is 5.94. The molecule has 144 valence electrons. The molecular weight excluding hydrogens is 373 g/mol. The van der Waals surface area contributed by atoms with Crippen LogP contribution in [-0.2, 0) is 6.18 Å². The average molecular weight is 388 g/mol. The highest BCUT2D eigenvalue weighted by atomic mass is 19.4. The molecule has 6 nitrogen and oxygen atoms in total. The number of amides is 1. The fourth-order valence-corrected chi connectivity index (χ4v) is 2.36. The average Bonchev–Trinajstić information content (AvgIpc) is 2.61. The number of carbonyl (C=O) groups excluding carboxylic acids is 1. The molecule has 0 saturated heterocycles. The van der Waals surface area contributed by atoms with E-state index in [9.17, 15) is 18.0 Å². The van der Waals surface area contributed by atoms with Crippen molar-refractivity contribution in [3.63, 3.8) is 0 Å². The van der Waals surface area contributed by atoms with Gasteiger partial charge in [-0.05, 0) is 50.2 Å². The number of hydrogen-bond donors (Lipinski definition) is 1. The lowest BCUT2D eigenvalue weighted by atomic mass is 10.2. The Morgan fingerprint density at radius 2 is 1.64 bits per heavy atom. The molecule has 3 aromatic rings. The van der Waals surface area contributed by atoms with Crippen molar-refractivity contribution in [1.29, 1.82) is 0 Å². The van der Waals surface area contributed by atoms with Crippen LogP contribution in [0.25, 0.3) is 0 Å². The molecule has 2 heterocycles. The minimum atomic E-state index is -4.46. The van der Waals surface area contributed by atoms with Crippen molar-refractivity contribution in [2.75, 3.05) is 5.32 Å². The number of carbonyl (C=O) groups is 1. The van der Waals surface area contributed by atoms with E-state index in [0.717, 1.165) is 23.5 Å². The first-order chi connectivity index (χ1) is 13.2. The standard InChI is InChI=1S/C19H15F3N4O2/c1-11-9-12(2)25-18(24-11)26-17(27)13-3-6-15(7-4-13)28-16-8-5-14(10-23-16)19(20,21)22/h3-10H,1-2H3,(H,24,25,26,27). The molecule has 0 aliphatic heterocycles. The molecule has 9 heteroatoms. The monoisotopic (exact) mass is 388 g/mol. The van der Waals surface area contributed by atoms with Gasteiger partial charge in [-0.25, -0.2) is 15.0 Å². The Balaban J connectivity index is 1.66. The van der Waals surface area contributed by atoms with Crippen molar-refractivity contribution < 1.29 is 22.7 Å². The van der Waals surface area contributed by atoms with Gasteiger partial charge in [-0.1, -0.05) is 0 Å². The summed E-state index contributed by atoms with van der Waals surface area (Å²) in [6.07, 6.45) is -3.76. The van der Waals surface area contributed by atoms with Gasteiger partial charge in [0.2, 0.25) is 11.8 Å². The van der Waals surface area contributed by atoms with E-state index in [2.05, 4.69) is 20.3 Å². The summed E-state index contributed by atoms with van der Waals surface area (Å²) in [6, 6.07) is 9.84. The minimum Gasteiger partial charge on any atom is -0.439 e. The van der Waals surface area contributed by atoms with Gasteiger partial charge in [0, 0.05) is 29.2 Å². The minimum absolute atomic E-state index is 0.00818. The molecule has 0 unspecified atom stereocenters. The molecular formula is C19H15F3N4O2. The van der Waals surface area contributed by atoms with Crippen molar-refractivity contribution in [2.24, 2.45) is 0 Å². The Kier molecular flexibility index (Phi) is 5.25. The predicted octanol–water partition coefficient (Wildman–Crippen LogP) is 4.55. The molecule has 0 radical (unpaired) electrons. The van der Waals surface area contributed by atoms with Crippen molar-refractivity contribution in [3.8, 4) is 11.6 Å². The third kappa shape index (κ3) is 4.81. The van der Waals surface area contributed by atoms with Crippen LogP contribution in [0.3, 0.4) is 0 Å². The van der Waals surface area contributed by atoms with Gasteiger partial charge in [0.25, 0.3) is 5.91 Å². The highest BCUT2D eigenvalue weighted by Gasteiger charge is 2.30. The van der Waals surface area contributed by atoms with Crippen LogP contribution < -0.4 is 10.1 Å². The Bertz CT molecular complexity index is 967. The van der Waals surface area contributed by atoms with Crippen LogP contribution in [0.15, 0.2) is 48.7 Å². The van der Waals surface area contributed by atoms with Gasteiger partial charge in [0.05, 0.1) is 5.56 Å². The number of benzene rings is 1. The van der Waals surface area contributed by atoms with E-state index >= 15 is 0 Å². The van der Waals surface area contributed by atoms with E-state index < -0.39 is 17.6 Å². The van der Waals surface area contributed by atoms with Crippen molar-refractivity contribution in [1.82, 2.24) is 15.0 Å². The summed E-state index contributed by atoms with van der Waals surface area (Å²) in [5, 5.41) is 2.61. The second-order valence-electron chi connectivity index (χ2n) is 5.94. The number of pyridine rings is 1. The van der Waals surface area contributed by atoms with Crippen LogP contribution >= 0.6 is 0 Å². The molecule has 0 spiro atoms. The van der Waals surface area contributed by atoms with E-state index in [1.54, 1.807) is 19.9 Å². The van der Waals surface area contributed by atoms with Crippen molar-refractivity contribution in [3.05, 3.63) is 71.2 Å². The van der Waals surface area contributed by atoms with Gasteiger partial charge < -0.3 is 4.74 Å². The number of halogens is 3. The maximum absolute atomic E-state index is 12.5. The Hall–Kier alpha value is -3.49. The van der Waals surface area contributed by atoms with Gasteiger partial charge in [0.15, 0.2) is 0 Å². The largest absolute Gasteiger partial charge is 0.439 e. The number of nitrogens with one attached hydrogen (secondary N) is 1. The van der Waals surface area contributed by atoms with Gasteiger partial charge >= 0.3 is 6.18 Å². The first-order valence-corrected chi connectivity index (χ1v) is 8.15. The number of alkyl halides is 3. The lowest BCUT2D eigenvalue weighted by molar-refractivity contribution is -0.137. The highest BCUT2D eigenvalue weighted by Crippen LogP contribution is 2.30. The number of hydrogen-bond acceptors (Lipinski definition) is 5. The number of ether oxygens (including phenoxy) is 1. The van der Waals surface area contributed by atoms with Gasteiger partial charge in [-0.3, -0.25) is 10.1 Å². The van der Waals surface area contributed by atoms with Crippen LogP contribution in [-0.4, -0.2) is 20.9 Å². The first-order valence-electron chi connectivity index (χ1n) is 8.15. The quantitative estimate of drug-likeness (QED) is 0.709. The SMILES string of the molecule is Cc1cc(C)nc(NC(=O)c2ccc(Oc3ccc(C(F)(F)F)cn3)cc2)n1. The molecule has 1 N–H and O–H groups in total. The van der Waals surface area contributed by atoms with Crippen molar-refractivity contribution in [2.45, 2.75) is 20.0 Å². The molecule has 0 aliphatic carbocycles. The summed E-state index contributed by atoms with van der Waals surface area (Å²) in [6.45, 7) is 3.59. The summed E-state index contributed by atoms with van der Waals surface area (Å²) in [4.78, 5) is 24.2. The summed E-state index contributed by atoms with van der Waals surface area (Å²) in [5.41, 5.74) is 0.946. The topological polar surface area (TPSA) is 77.0 Å². The number of nitrogens with zero attached hydrogens (tertiary/aromatic N) is 3. The highest BCUT2D eigenvalue weighted by molar-refractivity contribution is 6.03. The lowest BCUT2D eigenvalue weighted by Gasteiger charge is -2.09. The lowest BCUT2D eigenvalue weighted by Crippen LogP contribution is -2.14. The van der Waals surface area contributed by atoms with Crippen molar-refractivity contribution >= 4 is 11.9 Å². The molecule has 0 atom stereocenters. The number of anilines is 1. The molecule has 0 saturated carbocycles. The molecule has 0 aliphatic rings. The van der Waals surface area contributed by atoms with Crippen LogP contribution in [0.2, 0.25) is 0 Å². The maximum atomic E-state index is 12.5. The number of aryl methyl sites for hydroxylation is 2. The Morgan fingerprint density at radius 1 is 1.00 bits per heavy atom. The number of aromatic nitrogens is 3. The molecule has 1 amide bonds. The maximum Gasteiger partial charge on any atom is 0.417 e. The van der Waals surface area contributed by atoms with Gasteiger partial charge in [-0.15, -0.1) is 0 Å². The molecule has 2 aromatic heterocycles. The zero-order chi connectivity index (χ0) is 20.3. The summed E-state index contributed by atoms with van der Waals surface area (Å²) < 4.78 is 43.0. The van der Waals surface area contributed by atoms with Crippen LogP contribution in [0.5, 0.6) is 11.6 Å². The van der Waals surface area contributed by atoms with Crippen LogP contribution in [0.1, 0.15) is 27.3 Å². The fraction of sp³-hybridized carbons (Fsp3) is 0.158. The molecule has 28 heavy (non-hydrogen) atoms. The molecule has 3 rings (SSSR count). The Labute approximate surface area is 158 Å². The third-order valence-corrected chi connectivity index (χ3v) is 3.61. The summed E-state index contributed by atoms with van der Waals surface area (Å²) in [5.74, 6) is 0.140. The van der Waals surface area contributed by atoms with E-state index in [0.29, 0.717) is 17.5 Å². The summed E-state index contributed by atoms with van der Waals surface area (Å²) in [7, 11) is 0. The fourth-order valence-electron chi connectivity index (χ4n) is 2.36. The van der Waals surface area contributed by atoms with Crippen LogP contribution in [0.4, 0.5) is 19.1 Å². The zero-order valence-electron chi connectivity index (χ0n) is 14.9. The normalized spacial score (nSPS) is 11.2. The predicted molar refractivity (Wildman–Crippen MR) is 95.2 cm³/mol. The van der Waals surface area contributed by atoms with E-state index in [1.165, 1.54) is 24.3 Å². The molecule has 1 aromatic carbocycles. The van der Waals surface area contributed by atoms with Gasteiger partial charge in [0.1, 0.15) is 5.75 Å².